The molecule has 0 aliphatic carbocycles. The van der Waals surface area contributed by atoms with Gasteiger partial charge in [0.1, 0.15) is 4.90 Å². The Hall–Kier alpha value is -1.22. The van der Waals surface area contributed by atoms with Gasteiger partial charge in [0.05, 0.1) is 11.7 Å². The van der Waals surface area contributed by atoms with Crippen LogP contribution in [-0.4, -0.2) is 37.2 Å². The van der Waals surface area contributed by atoms with Crippen molar-refractivity contribution < 1.29 is 27.8 Å². The van der Waals surface area contributed by atoms with Crippen LogP contribution in [0.5, 0.6) is 0 Å². The summed E-state index contributed by atoms with van der Waals surface area (Å²) >= 11 is 5.56. The lowest BCUT2D eigenvalue weighted by Crippen LogP contribution is -2.31. The number of aliphatic hydroxyl groups excluding tert-OH is 1. The van der Waals surface area contributed by atoms with Gasteiger partial charge in [0.2, 0.25) is 10.0 Å². The number of aromatic carboxylic acids is 1. The Morgan fingerprint density at radius 1 is 1.53 bits per heavy atom. The number of benzene rings is 1. The molecule has 0 amide bonds. The molecule has 106 valence electrons. The van der Waals surface area contributed by atoms with Gasteiger partial charge in [-0.3, -0.25) is 0 Å². The van der Waals surface area contributed by atoms with Gasteiger partial charge in [-0.25, -0.2) is 22.3 Å². The molecular weight excluding hydrogens is 301 g/mol. The zero-order valence-electron chi connectivity index (χ0n) is 9.72. The molecule has 1 atom stereocenters. The Labute approximate surface area is 113 Å². The summed E-state index contributed by atoms with van der Waals surface area (Å²) in [5.74, 6) is -3.04. The number of sulfonamides is 1. The Bertz CT molecular complexity index is 602. The highest BCUT2D eigenvalue weighted by atomic mass is 35.5. The van der Waals surface area contributed by atoms with Crippen molar-refractivity contribution in [2.75, 3.05) is 6.54 Å². The molecule has 0 aliphatic heterocycles. The van der Waals surface area contributed by atoms with Crippen molar-refractivity contribution in [1.29, 1.82) is 0 Å². The van der Waals surface area contributed by atoms with Gasteiger partial charge in [0.15, 0.2) is 5.82 Å². The van der Waals surface area contributed by atoms with Crippen molar-refractivity contribution in [1.82, 2.24) is 4.72 Å². The lowest BCUT2D eigenvalue weighted by Gasteiger charge is -2.10. The molecule has 1 rings (SSSR count). The van der Waals surface area contributed by atoms with Gasteiger partial charge in [0.25, 0.3) is 0 Å². The molecule has 19 heavy (non-hydrogen) atoms. The topological polar surface area (TPSA) is 104 Å². The summed E-state index contributed by atoms with van der Waals surface area (Å²) in [6, 6.07) is 1.61. The first-order chi connectivity index (χ1) is 8.65. The fraction of sp³-hybridized carbons (Fsp3) is 0.300. The first-order valence-corrected chi connectivity index (χ1v) is 6.91. The smallest absolute Gasteiger partial charge is 0.338 e. The van der Waals surface area contributed by atoms with E-state index in [-0.39, 0.29) is 11.6 Å². The van der Waals surface area contributed by atoms with Crippen LogP contribution < -0.4 is 4.72 Å². The third-order valence-electron chi connectivity index (χ3n) is 2.09. The monoisotopic (exact) mass is 311 g/mol. The Balaban J connectivity index is 3.31. The lowest BCUT2D eigenvalue weighted by atomic mass is 10.2. The largest absolute Gasteiger partial charge is 0.478 e. The van der Waals surface area contributed by atoms with Crippen molar-refractivity contribution in [2.45, 2.75) is 17.9 Å². The molecule has 0 spiro atoms. The normalized spacial score (nSPS) is 13.3. The first-order valence-electron chi connectivity index (χ1n) is 5.05. The number of aliphatic hydroxyl groups is 1. The summed E-state index contributed by atoms with van der Waals surface area (Å²) < 4.78 is 39.3. The van der Waals surface area contributed by atoms with E-state index in [4.69, 9.17) is 21.8 Å². The molecular formula is C10H11ClFNO5S. The molecule has 0 fully saturated rings. The molecule has 3 N–H and O–H groups in total. The fourth-order valence-electron chi connectivity index (χ4n) is 1.22. The number of rotatable bonds is 5. The summed E-state index contributed by atoms with van der Waals surface area (Å²) in [5.41, 5.74) is -0.843. The molecule has 0 aromatic heterocycles. The van der Waals surface area contributed by atoms with Gasteiger partial charge in [0, 0.05) is 11.6 Å². The number of nitrogens with one attached hydrogen (secondary N) is 1. The Morgan fingerprint density at radius 2 is 2.11 bits per heavy atom. The van der Waals surface area contributed by atoms with Gasteiger partial charge in [-0.15, -0.1) is 0 Å². The SMILES string of the molecule is C[C@H](O)CNS(=O)(=O)c1cc(Cl)cc(C(=O)O)c1F. The molecule has 0 saturated heterocycles. The van der Waals surface area contributed by atoms with Gasteiger partial charge < -0.3 is 10.2 Å². The number of hydrogen-bond donors (Lipinski definition) is 3. The minimum atomic E-state index is -4.30. The highest BCUT2D eigenvalue weighted by Gasteiger charge is 2.25. The fourth-order valence-corrected chi connectivity index (χ4v) is 2.75. The van der Waals surface area contributed by atoms with E-state index in [0.29, 0.717) is 0 Å². The van der Waals surface area contributed by atoms with Crippen molar-refractivity contribution in [3.8, 4) is 0 Å². The predicted molar refractivity (Wildman–Crippen MR) is 65.2 cm³/mol. The van der Waals surface area contributed by atoms with Crippen molar-refractivity contribution in [3.05, 3.63) is 28.5 Å². The second-order valence-electron chi connectivity index (χ2n) is 3.77. The summed E-state index contributed by atoms with van der Waals surface area (Å²) in [5, 5.41) is 17.5. The third kappa shape index (κ3) is 3.87. The van der Waals surface area contributed by atoms with E-state index in [1.54, 1.807) is 0 Å². The van der Waals surface area contributed by atoms with Crippen LogP contribution in [-0.2, 0) is 10.0 Å². The Kier molecular flexibility index (Phi) is 4.86. The minimum Gasteiger partial charge on any atom is -0.478 e. The first kappa shape index (κ1) is 15.8. The molecule has 0 heterocycles. The standard InChI is InChI=1S/C10H11ClFNO5S/c1-5(14)4-13-19(17,18)8-3-6(11)2-7(9(8)12)10(15)16/h2-3,5,13-14H,4H2,1H3,(H,15,16)/t5-/m0/s1. The van der Waals surface area contributed by atoms with Crippen molar-refractivity contribution in [3.63, 3.8) is 0 Å². The maximum atomic E-state index is 13.8. The third-order valence-corrected chi connectivity index (χ3v) is 3.73. The number of hydrogen-bond acceptors (Lipinski definition) is 4. The van der Waals surface area contributed by atoms with Crippen LogP contribution in [0.1, 0.15) is 17.3 Å². The summed E-state index contributed by atoms with van der Waals surface area (Å²) in [6.45, 7) is 0.996. The van der Waals surface area contributed by atoms with Crippen molar-refractivity contribution in [2.24, 2.45) is 0 Å². The number of carboxylic acids is 1. The van der Waals surface area contributed by atoms with E-state index >= 15 is 0 Å². The van der Waals surface area contributed by atoms with Crippen LogP contribution in [0.15, 0.2) is 17.0 Å². The summed E-state index contributed by atoms with van der Waals surface area (Å²) in [7, 11) is -4.30. The summed E-state index contributed by atoms with van der Waals surface area (Å²) in [4.78, 5) is 9.89. The van der Waals surface area contributed by atoms with Crippen molar-refractivity contribution >= 4 is 27.6 Å². The van der Waals surface area contributed by atoms with Gasteiger partial charge in [-0.05, 0) is 19.1 Å². The minimum absolute atomic E-state index is 0.226. The molecule has 0 saturated carbocycles. The Morgan fingerprint density at radius 3 is 2.58 bits per heavy atom. The molecule has 0 bridgehead atoms. The predicted octanol–water partition coefficient (Wildman–Crippen LogP) is 0.836. The molecule has 0 unspecified atom stereocenters. The van der Waals surface area contributed by atoms with E-state index in [2.05, 4.69) is 0 Å². The average molecular weight is 312 g/mol. The van der Waals surface area contributed by atoms with E-state index < -0.39 is 38.4 Å². The van der Waals surface area contributed by atoms with E-state index in [0.717, 1.165) is 12.1 Å². The van der Waals surface area contributed by atoms with Crippen LogP contribution in [0.4, 0.5) is 4.39 Å². The second kappa shape index (κ2) is 5.83. The van der Waals surface area contributed by atoms with E-state index in [1.807, 2.05) is 4.72 Å². The maximum Gasteiger partial charge on any atom is 0.338 e. The lowest BCUT2D eigenvalue weighted by molar-refractivity contribution is 0.0691. The number of halogens is 2. The number of carbonyl (C=O) groups is 1. The highest BCUT2D eigenvalue weighted by molar-refractivity contribution is 7.89. The number of carboxylic acid groups (broad SMARTS) is 1. The molecule has 9 heteroatoms. The molecule has 1 aromatic rings. The van der Waals surface area contributed by atoms with E-state index in [1.165, 1.54) is 6.92 Å². The van der Waals surface area contributed by atoms with Crippen LogP contribution in [0.25, 0.3) is 0 Å². The summed E-state index contributed by atoms with van der Waals surface area (Å²) in [6.07, 6.45) is -0.976. The zero-order valence-corrected chi connectivity index (χ0v) is 11.3. The quantitative estimate of drug-likeness (QED) is 0.747. The van der Waals surface area contributed by atoms with Crippen LogP contribution in [0, 0.1) is 5.82 Å². The molecule has 6 nitrogen and oxygen atoms in total. The van der Waals surface area contributed by atoms with Gasteiger partial charge in [-0.1, -0.05) is 11.6 Å². The molecule has 0 aliphatic rings. The maximum absolute atomic E-state index is 13.8. The molecule has 1 aromatic carbocycles. The molecule has 0 radical (unpaired) electrons. The van der Waals surface area contributed by atoms with Crippen LogP contribution in [0.2, 0.25) is 5.02 Å². The van der Waals surface area contributed by atoms with Gasteiger partial charge in [-0.2, -0.15) is 0 Å². The van der Waals surface area contributed by atoms with Crippen LogP contribution >= 0.6 is 11.6 Å². The highest BCUT2D eigenvalue weighted by Crippen LogP contribution is 2.23. The second-order valence-corrected chi connectivity index (χ2v) is 5.94. The zero-order chi connectivity index (χ0) is 14.8. The van der Waals surface area contributed by atoms with E-state index in [9.17, 15) is 17.6 Å². The van der Waals surface area contributed by atoms with Gasteiger partial charge >= 0.3 is 5.97 Å². The van der Waals surface area contributed by atoms with Crippen LogP contribution in [0.3, 0.4) is 0 Å². The average Bonchev–Trinajstić information content (AvgIpc) is 2.28.